The zero-order valence-corrected chi connectivity index (χ0v) is 28.1. The first-order valence-electron chi connectivity index (χ1n) is 16.2. The molecule has 3 saturated heterocycles. The van der Waals surface area contributed by atoms with E-state index >= 15 is 4.39 Å². The number of ether oxygens (including phenoxy) is 2. The van der Waals surface area contributed by atoms with Crippen LogP contribution in [-0.2, 0) is 10.2 Å². The topological polar surface area (TPSA) is 110 Å². The number of aromatic nitrogens is 3. The van der Waals surface area contributed by atoms with Crippen molar-refractivity contribution in [2.75, 3.05) is 38.2 Å². The van der Waals surface area contributed by atoms with Gasteiger partial charge in [0.25, 0.3) is 0 Å². The second-order valence-corrected chi connectivity index (χ2v) is 14.7. The number of nitrogens with zero attached hydrogens (tertiary/aromatic N) is 5. The average Bonchev–Trinajstić information content (AvgIpc) is 3.61. The molecular formula is C35H33ClF2N6O4S. The molecule has 14 heteroatoms. The van der Waals surface area contributed by atoms with Crippen LogP contribution in [-0.4, -0.2) is 85.8 Å². The number of benzene rings is 3. The molecule has 3 aliphatic rings. The fourth-order valence-corrected chi connectivity index (χ4v) is 8.13. The minimum Gasteiger partial charge on any atom is -0.489 e. The van der Waals surface area contributed by atoms with Crippen molar-refractivity contribution in [1.29, 1.82) is 0 Å². The van der Waals surface area contributed by atoms with Crippen molar-refractivity contribution in [2.45, 2.75) is 48.4 Å². The normalized spacial score (nSPS) is 22.7. The van der Waals surface area contributed by atoms with Crippen LogP contribution in [0, 0.1) is 5.82 Å². The molecule has 0 unspecified atom stereocenters. The van der Waals surface area contributed by atoms with Gasteiger partial charge in [-0.2, -0.15) is 18.4 Å². The highest BCUT2D eigenvalue weighted by molar-refractivity contribution is 7.86. The van der Waals surface area contributed by atoms with Crippen LogP contribution in [0.1, 0.15) is 19.3 Å². The fourth-order valence-electron chi connectivity index (χ4n) is 7.35. The minimum absolute atomic E-state index is 0.0546. The van der Waals surface area contributed by atoms with Gasteiger partial charge in [-0.1, -0.05) is 48.0 Å². The summed E-state index contributed by atoms with van der Waals surface area (Å²) in [5.74, 6) is 0.259. The van der Waals surface area contributed by atoms with Gasteiger partial charge in [-0.25, -0.2) is 4.39 Å². The maximum atomic E-state index is 16.7. The van der Waals surface area contributed by atoms with Crippen LogP contribution in [0.25, 0.3) is 32.9 Å². The maximum Gasteiger partial charge on any atom is 0.332 e. The predicted molar refractivity (Wildman–Crippen MR) is 183 cm³/mol. The van der Waals surface area contributed by atoms with Gasteiger partial charge in [0.1, 0.15) is 40.4 Å². The lowest BCUT2D eigenvalue weighted by molar-refractivity contribution is 0.188. The van der Waals surface area contributed by atoms with Crippen LogP contribution < -0.4 is 19.7 Å². The Labute approximate surface area is 287 Å². The van der Waals surface area contributed by atoms with E-state index < -0.39 is 20.9 Å². The van der Waals surface area contributed by atoms with Crippen LogP contribution >= 0.6 is 11.6 Å². The van der Waals surface area contributed by atoms with Gasteiger partial charge in [-0.05, 0) is 43.5 Å². The Hall–Kier alpha value is -4.17. The lowest BCUT2D eigenvalue weighted by atomic mass is 10.0. The Balaban J connectivity index is 1.10. The number of fused-ring (bicyclic) bond motifs is 4. The second kappa shape index (κ2) is 12.6. The summed E-state index contributed by atoms with van der Waals surface area (Å²) in [7, 11) is -2.92. The van der Waals surface area contributed by atoms with Crippen LogP contribution in [0.5, 0.6) is 11.8 Å². The molecule has 0 radical (unpaired) electrons. The third kappa shape index (κ3) is 6.24. The monoisotopic (exact) mass is 706 g/mol. The molecule has 5 aromatic rings. The van der Waals surface area contributed by atoms with Gasteiger partial charge < -0.3 is 19.7 Å². The molecular weight excluding hydrogens is 674 g/mol. The zero-order valence-electron chi connectivity index (χ0n) is 26.5. The van der Waals surface area contributed by atoms with Gasteiger partial charge in [-0.15, -0.1) is 3.89 Å². The van der Waals surface area contributed by atoms with E-state index in [4.69, 9.17) is 26.1 Å². The predicted octanol–water partition coefficient (Wildman–Crippen LogP) is 5.77. The number of likely N-dealkylation sites (tertiary alicyclic amines) is 1. The Morgan fingerprint density at radius 2 is 1.78 bits per heavy atom. The molecule has 0 spiro atoms. The highest BCUT2D eigenvalue weighted by Gasteiger charge is 2.35. The first-order valence-corrected chi connectivity index (χ1v) is 18.0. The number of piperazine rings is 1. The largest absolute Gasteiger partial charge is 0.489 e. The molecule has 10 nitrogen and oxygen atoms in total. The molecule has 3 aliphatic heterocycles. The number of nitrogens with one attached hydrogen (secondary N) is 1. The lowest BCUT2D eigenvalue weighted by Crippen LogP contribution is -2.51. The average molecular weight is 707 g/mol. The molecule has 2 bridgehead atoms. The molecule has 2 aromatic heterocycles. The third-order valence-corrected chi connectivity index (χ3v) is 10.8. The molecule has 0 amide bonds. The number of rotatable bonds is 8. The molecule has 3 fully saturated rings. The van der Waals surface area contributed by atoms with Crippen molar-refractivity contribution in [2.24, 2.45) is 0 Å². The van der Waals surface area contributed by atoms with Crippen molar-refractivity contribution < 1.29 is 26.2 Å². The highest BCUT2D eigenvalue weighted by atomic mass is 35.5. The van der Waals surface area contributed by atoms with Crippen LogP contribution in [0.15, 0.2) is 71.8 Å². The van der Waals surface area contributed by atoms with Crippen molar-refractivity contribution in [3.63, 3.8) is 0 Å². The molecule has 4 atom stereocenters. The number of pyridine rings is 1. The van der Waals surface area contributed by atoms with E-state index in [2.05, 4.69) is 25.1 Å². The summed E-state index contributed by atoms with van der Waals surface area (Å²) < 4.78 is 65.2. The quantitative estimate of drug-likeness (QED) is 0.200. The van der Waals surface area contributed by atoms with Crippen molar-refractivity contribution in [3.05, 3.63) is 77.7 Å². The summed E-state index contributed by atoms with van der Waals surface area (Å²) in [5, 5.41) is 6.22. The standard InChI is InChI=1S/C35H33ClF2N6O4S/c1-43-18-25(48-24-7-4-8-26(14-24)49(38,45)46)13-23(43)19-47-35-41-33-28(34(42-35)44-16-21-11-12-22(17-44)40-21)15-39-32(31(33)37)27-9-2-5-20-6-3-10-29(36)30(20)27/h2-10,14-15,21-23,25,40H,11-13,16-19H2,1H3/t21-,22+,23-,25+/m0/s1. The molecule has 3 aromatic carbocycles. The number of halogens is 3. The van der Waals surface area contributed by atoms with Gasteiger partial charge in [-0.3, -0.25) is 9.88 Å². The number of likely N-dealkylation sites (N-methyl/N-ethyl adjacent to an activating group) is 1. The first-order chi connectivity index (χ1) is 23.6. The van der Waals surface area contributed by atoms with E-state index in [0.29, 0.717) is 52.2 Å². The maximum absolute atomic E-state index is 16.7. The Bertz CT molecular complexity index is 2180. The van der Waals surface area contributed by atoms with Crippen molar-refractivity contribution >= 4 is 49.3 Å². The molecule has 49 heavy (non-hydrogen) atoms. The lowest BCUT2D eigenvalue weighted by Gasteiger charge is -2.34. The number of hydrogen-bond donors (Lipinski definition) is 1. The van der Waals surface area contributed by atoms with E-state index in [9.17, 15) is 12.3 Å². The smallest absolute Gasteiger partial charge is 0.332 e. The zero-order chi connectivity index (χ0) is 33.9. The van der Waals surface area contributed by atoms with Crippen molar-refractivity contribution in [3.8, 4) is 23.0 Å². The summed E-state index contributed by atoms with van der Waals surface area (Å²) in [6.45, 7) is 2.18. The molecule has 8 rings (SSSR count). The number of anilines is 1. The van der Waals surface area contributed by atoms with Crippen LogP contribution in [0.3, 0.4) is 0 Å². The Morgan fingerprint density at radius 3 is 2.55 bits per heavy atom. The SMILES string of the molecule is CN1C[C@H](Oc2cccc(S(=O)(=O)F)c2)C[C@H]1COc1nc(N2C[C@H]3CC[C@@H](C2)N3)c2cnc(-c3cccc4cccc(Cl)c34)c(F)c2n1. The van der Waals surface area contributed by atoms with Gasteiger partial charge in [0, 0.05) is 72.4 Å². The summed E-state index contributed by atoms with van der Waals surface area (Å²) in [6, 6.07) is 17.1. The van der Waals surface area contributed by atoms with Gasteiger partial charge in [0.2, 0.25) is 0 Å². The fraction of sp³-hybridized carbons (Fsp3) is 0.343. The van der Waals surface area contributed by atoms with E-state index in [0.717, 1.165) is 31.3 Å². The Kier molecular flexibility index (Phi) is 8.25. The van der Waals surface area contributed by atoms with E-state index in [1.165, 1.54) is 18.2 Å². The molecule has 1 N–H and O–H groups in total. The van der Waals surface area contributed by atoms with E-state index in [-0.39, 0.29) is 41.7 Å². The van der Waals surface area contributed by atoms with E-state index in [1.54, 1.807) is 24.4 Å². The molecule has 5 heterocycles. The summed E-state index contributed by atoms with van der Waals surface area (Å²) in [6.07, 6.45) is 4.03. The van der Waals surface area contributed by atoms with Gasteiger partial charge in [0.15, 0.2) is 5.82 Å². The summed E-state index contributed by atoms with van der Waals surface area (Å²) in [4.78, 5) is 17.8. The highest BCUT2D eigenvalue weighted by Crippen LogP contribution is 2.38. The number of hydrogen-bond acceptors (Lipinski definition) is 10. The van der Waals surface area contributed by atoms with Crippen molar-refractivity contribution in [1.82, 2.24) is 25.2 Å². The second-order valence-electron chi connectivity index (χ2n) is 13.0. The Morgan fingerprint density at radius 1 is 1.02 bits per heavy atom. The minimum atomic E-state index is -4.85. The first kappa shape index (κ1) is 32.1. The third-order valence-electron chi connectivity index (χ3n) is 9.71. The van der Waals surface area contributed by atoms with Gasteiger partial charge in [0.05, 0.1) is 5.39 Å². The van der Waals surface area contributed by atoms with Crippen LogP contribution in [0.2, 0.25) is 5.02 Å². The summed E-state index contributed by atoms with van der Waals surface area (Å²) >= 11 is 6.60. The summed E-state index contributed by atoms with van der Waals surface area (Å²) in [5.41, 5.74) is 0.824. The van der Waals surface area contributed by atoms with Gasteiger partial charge >= 0.3 is 16.2 Å². The molecule has 254 valence electrons. The van der Waals surface area contributed by atoms with E-state index in [1.807, 2.05) is 31.3 Å². The molecule has 0 aliphatic carbocycles. The van der Waals surface area contributed by atoms with Crippen LogP contribution in [0.4, 0.5) is 14.1 Å². The molecule has 0 saturated carbocycles.